The summed E-state index contributed by atoms with van der Waals surface area (Å²) in [6, 6.07) is 7.23. The number of unbranched alkanes of at least 4 members (excludes halogenated alkanes) is 3. The van der Waals surface area contributed by atoms with E-state index in [1.165, 1.54) is 28.1 Å². The van der Waals surface area contributed by atoms with Gasteiger partial charge >= 0.3 is 0 Å². The van der Waals surface area contributed by atoms with Crippen molar-refractivity contribution in [3.63, 3.8) is 0 Å². The van der Waals surface area contributed by atoms with Crippen LogP contribution in [0, 0.1) is 87.7 Å². The summed E-state index contributed by atoms with van der Waals surface area (Å²) >= 11 is 2.76. The molecule has 2 aromatic heterocycles. The maximum absolute atomic E-state index is 15.8. The van der Waals surface area contributed by atoms with Gasteiger partial charge in [0.2, 0.25) is 0 Å². The van der Waals surface area contributed by atoms with Gasteiger partial charge in [0.1, 0.15) is 23.8 Å². The summed E-state index contributed by atoms with van der Waals surface area (Å²) in [5.74, 6) is -16.7. The molecule has 0 fully saturated rings. The molecule has 1 nitrogen and oxygen atoms in total. The van der Waals surface area contributed by atoms with Crippen LogP contribution in [-0.2, 0) is 11.0 Å². The highest BCUT2D eigenvalue weighted by Gasteiger charge is 2.49. The molecule has 0 radical (unpaired) electrons. The van der Waals surface area contributed by atoms with Crippen molar-refractivity contribution in [2.24, 2.45) is 0 Å². The van der Waals surface area contributed by atoms with Gasteiger partial charge in [0.25, 0.3) is 0 Å². The lowest BCUT2D eigenvalue weighted by molar-refractivity contribution is 0.413. The lowest BCUT2D eigenvalue weighted by Gasteiger charge is -2.15. The maximum atomic E-state index is 15.8. The van der Waals surface area contributed by atoms with E-state index >= 15 is 30.7 Å². The molecule has 3 aromatic carbocycles. The molecule has 274 valence electrons. The number of hydrogen-bond acceptors (Lipinski definition) is 3. The monoisotopic (exact) mass is 798 g/mol. The first-order chi connectivity index (χ1) is 25.2. The number of rotatable bonds is 7. The first kappa shape index (κ1) is 38.4. The molecule has 5 aromatic rings. The largest absolute Gasteiger partial charge is 0.313 e. The molecule has 1 atom stereocenters. The molecule has 1 unspecified atom stereocenters. The van der Waals surface area contributed by atoms with Gasteiger partial charge in [-0.05, 0) is 37.1 Å². The molecule has 1 aliphatic rings. The zero-order valence-corrected chi connectivity index (χ0v) is 29.9. The van der Waals surface area contributed by atoms with Crippen LogP contribution in [0.5, 0.6) is 0 Å². The fourth-order valence-corrected chi connectivity index (χ4v) is 10.8. The molecule has 3 heterocycles. The van der Waals surface area contributed by atoms with E-state index < -0.39 is 116 Å². The van der Waals surface area contributed by atoms with Crippen molar-refractivity contribution >= 4 is 40.4 Å². The Morgan fingerprint density at radius 2 is 0.981 bits per heavy atom. The topological polar surface area (TPSA) is 17.1 Å². The molecule has 0 saturated heterocycles. The molecule has 53 heavy (non-hydrogen) atoms. The van der Waals surface area contributed by atoms with Crippen molar-refractivity contribution in [3.8, 4) is 44.6 Å². The van der Waals surface area contributed by atoms with Crippen molar-refractivity contribution in [3.05, 3.63) is 115 Å². The molecular weight excluding hydrogens is 777 g/mol. The van der Waals surface area contributed by atoms with Crippen LogP contribution < -0.4 is 10.6 Å². The molecule has 1 aliphatic heterocycles. The Morgan fingerprint density at radius 1 is 0.509 bits per heavy atom. The van der Waals surface area contributed by atoms with Crippen molar-refractivity contribution in [2.45, 2.75) is 46.0 Å². The number of fused-ring (bicyclic) bond motifs is 3. The van der Waals surface area contributed by atoms with Crippen LogP contribution >= 0.6 is 29.8 Å². The molecule has 0 spiro atoms. The van der Waals surface area contributed by atoms with E-state index in [1.807, 2.05) is 12.1 Å². The fraction of sp³-hybridized carbons (Fsp3) is 0.211. The van der Waals surface area contributed by atoms with E-state index in [1.54, 1.807) is 23.5 Å². The molecule has 6 rings (SSSR count). The SMILES string of the molecule is CCCCCCc1ccc(-c2ccc(C#Cc3c(F)c(F)c(C#Cc4c(F)c(F)c5c(c4F)P(=O)(CC)c4c(F)c(F)c(F)c(F)c4-5)c(F)c3F)s2)s1. The highest BCUT2D eigenvalue weighted by Crippen LogP contribution is 2.56. The van der Waals surface area contributed by atoms with Crippen LogP contribution in [0.3, 0.4) is 0 Å². The van der Waals surface area contributed by atoms with Crippen LogP contribution in [0.2, 0.25) is 0 Å². The van der Waals surface area contributed by atoms with Gasteiger partial charge in [-0.1, -0.05) is 56.8 Å². The maximum Gasteiger partial charge on any atom is 0.198 e. The standard InChI is InChI=1S/C38H22F11OPS2/c1-3-5-6-7-8-17-10-15-22(52-17)23-16-11-18(53-23)9-12-19-26(39)28(41)20(29(42)27(19)40)13-14-21-30(43)32(45)24-25-33(46)34(47)35(48)36(49)38(25)51(50,4-2)37(24)31(21)44/h10-11,15-16H,3-8H2,1-2H3. The second kappa shape index (κ2) is 14.8. The van der Waals surface area contributed by atoms with Gasteiger partial charge in [0.15, 0.2) is 64.0 Å². The summed E-state index contributed by atoms with van der Waals surface area (Å²) in [5.41, 5.74) is -7.72. The second-order valence-corrected chi connectivity index (χ2v) is 17.1. The molecule has 0 bridgehead atoms. The normalized spacial score (nSPS) is 14.4. The number of benzene rings is 3. The smallest absolute Gasteiger partial charge is 0.198 e. The zero-order valence-electron chi connectivity index (χ0n) is 27.4. The minimum Gasteiger partial charge on any atom is -0.313 e. The highest BCUT2D eigenvalue weighted by molar-refractivity contribution is 7.80. The predicted octanol–water partition coefficient (Wildman–Crippen LogP) is 11.2. The lowest BCUT2D eigenvalue weighted by Crippen LogP contribution is -2.21. The molecule has 15 heteroatoms. The van der Waals surface area contributed by atoms with Gasteiger partial charge in [0, 0.05) is 31.9 Å². The van der Waals surface area contributed by atoms with E-state index in [2.05, 4.69) is 18.8 Å². The van der Waals surface area contributed by atoms with Crippen molar-refractivity contribution in [1.29, 1.82) is 0 Å². The highest BCUT2D eigenvalue weighted by atomic mass is 32.1. The summed E-state index contributed by atoms with van der Waals surface area (Å²) in [5, 5.41) is -2.82. The van der Waals surface area contributed by atoms with E-state index in [0.29, 0.717) is 4.88 Å². The van der Waals surface area contributed by atoms with Crippen molar-refractivity contribution in [2.75, 3.05) is 6.16 Å². The first-order valence-electron chi connectivity index (χ1n) is 15.9. The van der Waals surface area contributed by atoms with Crippen LogP contribution in [0.4, 0.5) is 48.3 Å². The number of aryl methyl sites for hydroxylation is 1. The summed E-state index contributed by atoms with van der Waals surface area (Å²) in [4.78, 5) is 3.24. The molecule has 0 aliphatic carbocycles. The van der Waals surface area contributed by atoms with Gasteiger partial charge in [-0.15, -0.1) is 22.7 Å². The van der Waals surface area contributed by atoms with Gasteiger partial charge in [0.05, 0.1) is 15.5 Å². The van der Waals surface area contributed by atoms with Crippen LogP contribution in [0.1, 0.15) is 66.0 Å². The Morgan fingerprint density at radius 3 is 1.57 bits per heavy atom. The third-order valence-corrected chi connectivity index (χ3v) is 14.1. The summed E-state index contributed by atoms with van der Waals surface area (Å²) in [7, 11) is -4.90. The Labute approximate surface area is 303 Å². The summed E-state index contributed by atoms with van der Waals surface area (Å²) in [6.45, 7) is 3.15. The van der Waals surface area contributed by atoms with E-state index in [0.717, 1.165) is 48.8 Å². The quantitative estimate of drug-likeness (QED) is 0.0400. The second-order valence-electron chi connectivity index (χ2n) is 11.8. The number of halogens is 11. The number of hydrogen-bond donors (Lipinski definition) is 0. The van der Waals surface area contributed by atoms with E-state index in [4.69, 9.17) is 0 Å². The van der Waals surface area contributed by atoms with Crippen LogP contribution in [0.25, 0.3) is 20.9 Å². The average molecular weight is 799 g/mol. The van der Waals surface area contributed by atoms with Gasteiger partial charge in [-0.25, -0.2) is 48.3 Å². The molecule has 0 amide bonds. The minimum absolute atomic E-state index is 0.308. The van der Waals surface area contributed by atoms with Crippen molar-refractivity contribution in [1.82, 2.24) is 0 Å². The number of thiophene rings is 2. The van der Waals surface area contributed by atoms with E-state index in [9.17, 15) is 22.1 Å². The fourth-order valence-electron chi connectivity index (χ4n) is 5.95. The Balaban J connectivity index is 1.35. The Kier molecular flexibility index (Phi) is 10.7. The minimum atomic E-state index is -4.90. The van der Waals surface area contributed by atoms with Gasteiger partial charge < -0.3 is 4.57 Å². The Hall–Kier alpha value is -4.36. The predicted molar refractivity (Wildman–Crippen MR) is 183 cm³/mol. The molecular formula is C38H22F11OPS2. The molecule has 0 saturated carbocycles. The summed E-state index contributed by atoms with van der Waals surface area (Å²) in [6.07, 6.45) is 4.54. The van der Waals surface area contributed by atoms with Crippen molar-refractivity contribution < 1.29 is 52.9 Å². The first-order valence-corrected chi connectivity index (χ1v) is 19.5. The Bertz CT molecular complexity index is 2480. The third kappa shape index (κ3) is 6.39. The summed E-state index contributed by atoms with van der Waals surface area (Å²) < 4.78 is 178. The third-order valence-electron chi connectivity index (χ3n) is 8.63. The van der Waals surface area contributed by atoms with Gasteiger partial charge in [-0.2, -0.15) is 0 Å². The lowest BCUT2D eigenvalue weighted by atomic mass is 10.0. The van der Waals surface area contributed by atoms with Crippen LogP contribution in [0.15, 0.2) is 24.3 Å². The molecule has 0 N–H and O–H groups in total. The average Bonchev–Trinajstić information content (AvgIpc) is 3.88. The van der Waals surface area contributed by atoms with Gasteiger partial charge in [-0.3, -0.25) is 0 Å². The van der Waals surface area contributed by atoms with E-state index in [-0.39, 0.29) is 0 Å². The zero-order chi connectivity index (χ0) is 38.5. The van der Waals surface area contributed by atoms with Crippen LogP contribution in [-0.4, -0.2) is 6.16 Å².